The van der Waals surface area contributed by atoms with Gasteiger partial charge in [0.25, 0.3) is 0 Å². The van der Waals surface area contributed by atoms with E-state index >= 15 is 0 Å². The van der Waals surface area contributed by atoms with E-state index in [2.05, 4.69) is 17.1 Å². The zero-order valence-electron chi connectivity index (χ0n) is 14.9. The molecule has 2 aliphatic rings. The lowest BCUT2D eigenvalue weighted by Gasteiger charge is -2.36. The average Bonchev–Trinajstić information content (AvgIpc) is 3.41. The Hall–Kier alpha value is -1.78. The molecular weight excluding hydrogens is 305 g/mol. The van der Waals surface area contributed by atoms with Gasteiger partial charge in [0.1, 0.15) is 5.82 Å². The Labute approximate surface area is 144 Å². The molecule has 132 valence electrons. The topological polar surface area (TPSA) is 35.6 Å². The predicted octanol–water partition coefficient (Wildman–Crippen LogP) is 3.54. The second-order valence-corrected chi connectivity index (χ2v) is 7.38. The van der Waals surface area contributed by atoms with Crippen LogP contribution < -0.4 is 10.2 Å². The third-order valence-corrected chi connectivity index (χ3v) is 5.43. The lowest BCUT2D eigenvalue weighted by molar-refractivity contribution is 0.182. The van der Waals surface area contributed by atoms with Crippen LogP contribution in [0.2, 0.25) is 0 Å². The van der Waals surface area contributed by atoms with Gasteiger partial charge in [-0.1, -0.05) is 6.07 Å². The summed E-state index contributed by atoms with van der Waals surface area (Å²) in [6.45, 7) is 5.59. The van der Waals surface area contributed by atoms with Crippen molar-refractivity contribution < 1.29 is 9.18 Å². The number of hydrogen-bond donors (Lipinski definition) is 1. The third kappa shape index (κ3) is 3.82. The van der Waals surface area contributed by atoms with E-state index in [4.69, 9.17) is 0 Å². The quantitative estimate of drug-likeness (QED) is 0.915. The van der Waals surface area contributed by atoms with Crippen molar-refractivity contribution in [1.29, 1.82) is 0 Å². The molecule has 0 radical (unpaired) electrons. The number of benzene rings is 1. The fourth-order valence-electron chi connectivity index (χ4n) is 3.54. The zero-order chi connectivity index (χ0) is 17.3. The molecule has 1 N–H and O–H groups in total. The monoisotopic (exact) mass is 333 g/mol. The molecule has 2 unspecified atom stereocenters. The summed E-state index contributed by atoms with van der Waals surface area (Å²) in [7, 11) is 1.87. The van der Waals surface area contributed by atoms with Crippen LogP contribution in [0.5, 0.6) is 0 Å². The zero-order valence-corrected chi connectivity index (χ0v) is 14.9. The number of nitrogens with one attached hydrogen (secondary N) is 1. The normalized spacial score (nSPS) is 22.2. The smallest absolute Gasteiger partial charge is 0.317 e. The van der Waals surface area contributed by atoms with E-state index < -0.39 is 0 Å². The largest absolute Gasteiger partial charge is 0.367 e. The number of urea groups is 1. The van der Waals surface area contributed by atoms with Gasteiger partial charge in [0.15, 0.2) is 0 Å². The minimum absolute atomic E-state index is 0.00837. The summed E-state index contributed by atoms with van der Waals surface area (Å²) < 4.78 is 14.1. The summed E-state index contributed by atoms with van der Waals surface area (Å²) in [6, 6.07) is 5.56. The van der Waals surface area contributed by atoms with Crippen molar-refractivity contribution in [3.05, 3.63) is 29.6 Å². The Morgan fingerprint density at radius 2 is 2.12 bits per heavy atom. The van der Waals surface area contributed by atoms with Gasteiger partial charge in [-0.2, -0.15) is 0 Å². The van der Waals surface area contributed by atoms with Crippen molar-refractivity contribution in [2.45, 2.75) is 51.6 Å². The van der Waals surface area contributed by atoms with E-state index in [1.165, 1.54) is 18.9 Å². The Morgan fingerprint density at radius 3 is 2.83 bits per heavy atom. The van der Waals surface area contributed by atoms with Crippen molar-refractivity contribution in [2.24, 2.45) is 5.92 Å². The number of hydrogen-bond acceptors (Lipinski definition) is 2. The maximum atomic E-state index is 14.1. The molecule has 24 heavy (non-hydrogen) atoms. The van der Waals surface area contributed by atoms with Crippen molar-refractivity contribution in [1.82, 2.24) is 10.2 Å². The van der Waals surface area contributed by atoms with E-state index in [9.17, 15) is 9.18 Å². The van der Waals surface area contributed by atoms with Crippen molar-refractivity contribution in [3.63, 3.8) is 0 Å². The maximum absolute atomic E-state index is 14.1. The number of aryl methyl sites for hydroxylation is 1. The molecule has 2 fully saturated rings. The Bertz CT molecular complexity index is 602. The molecule has 4 nitrogen and oxygen atoms in total. The Kier molecular flexibility index (Phi) is 4.97. The van der Waals surface area contributed by atoms with Crippen LogP contribution in [0.3, 0.4) is 0 Å². The van der Waals surface area contributed by atoms with Crippen LogP contribution in [0.25, 0.3) is 0 Å². The Morgan fingerprint density at radius 1 is 1.38 bits per heavy atom. The number of anilines is 1. The summed E-state index contributed by atoms with van der Waals surface area (Å²) in [5.41, 5.74) is 1.70. The highest BCUT2D eigenvalue weighted by Crippen LogP contribution is 2.34. The first-order valence-corrected chi connectivity index (χ1v) is 9.00. The second kappa shape index (κ2) is 6.99. The molecule has 0 bridgehead atoms. The first-order chi connectivity index (χ1) is 11.5. The van der Waals surface area contributed by atoms with Gasteiger partial charge in [0.05, 0.1) is 5.69 Å². The number of carbonyl (C=O) groups is 1. The lowest BCUT2D eigenvalue weighted by Crippen LogP contribution is -2.52. The van der Waals surface area contributed by atoms with Gasteiger partial charge >= 0.3 is 6.03 Å². The van der Waals surface area contributed by atoms with Gasteiger partial charge in [0, 0.05) is 32.2 Å². The van der Waals surface area contributed by atoms with Gasteiger partial charge in [-0.05, 0) is 63.1 Å². The number of piperidine rings is 1. The third-order valence-electron chi connectivity index (χ3n) is 5.43. The number of carbonyl (C=O) groups excluding carboxylic acids is 1. The number of nitrogens with zero attached hydrogens (tertiary/aromatic N) is 2. The molecule has 5 heteroatoms. The van der Waals surface area contributed by atoms with Gasteiger partial charge < -0.3 is 15.1 Å². The molecule has 1 aliphatic heterocycles. The minimum Gasteiger partial charge on any atom is -0.367 e. The number of halogens is 1. The molecule has 1 heterocycles. The fraction of sp³-hybridized carbons (Fsp3) is 0.632. The standard InChI is InChI=1S/C19H28FN3O/c1-13-6-9-17(20)18(11-13)23-10-4-5-16(12-23)21-19(24)22(3)14(2)15-7-8-15/h6,9,11,14-16H,4-5,7-8,10,12H2,1-3H3,(H,21,24). The summed E-state index contributed by atoms with van der Waals surface area (Å²) >= 11 is 0. The van der Waals surface area contributed by atoms with Crippen LogP contribution in [0.4, 0.5) is 14.9 Å². The molecule has 1 aromatic carbocycles. The summed E-state index contributed by atoms with van der Waals surface area (Å²) in [6.07, 6.45) is 4.35. The fourth-order valence-corrected chi connectivity index (χ4v) is 3.54. The molecule has 1 aliphatic carbocycles. The lowest BCUT2D eigenvalue weighted by atomic mass is 10.0. The number of rotatable bonds is 4. The predicted molar refractivity (Wildman–Crippen MR) is 94.9 cm³/mol. The van der Waals surface area contributed by atoms with Crippen LogP contribution in [0.15, 0.2) is 18.2 Å². The van der Waals surface area contributed by atoms with Crippen molar-refractivity contribution in [2.75, 3.05) is 25.0 Å². The van der Waals surface area contributed by atoms with Gasteiger partial charge in [-0.3, -0.25) is 0 Å². The van der Waals surface area contributed by atoms with Crippen LogP contribution in [-0.4, -0.2) is 43.2 Å². The van der Waals surface area contributed by atoms with Gasteiger partial charge in [-0.25, -0.2) is 9.18 Å². The van der Waals surface area contributed by atoms with E-state index in [0.29, 0.717) is 24.2 Å². The molecule has 1 aromatic rings. The molecule has 1 saturated carbocycles. The molecule has 3 rings (SSSR count). The van der Waals surface area contributed by atoms with E-state index in [0.717, 1.165) is 24.9 Å². The van der Waals surface area contributed by atoms with Gasteiger partial charge in [-0.15, -0.1) is 0 Å². The molecular formula is C19H28FN3O. The maximum Gasteiger partial charge on any atom is 0.317 e. The SMILES string of the molecule is Cc1ccc(F)c(N2CCCC(NC(=O)N(C)C(C)C3CC3)C2)c1. The molecule has 2 atom stereocenters. The molecule has 2 amide bonds. The van der Waals surface area contributed by atoms with E-state index in [-0.39, 0.29) is 17.9 Å². The summed E-state index contributed by atoms with van der Waals surface area (Å²) in [4.78, 5) is 16.4. The number of amides is 2. The summed E-state index contributed by atoms with van der Waals surface area (Å²) in [5.74, 6) is 0.469. The van der Waals surface area contributed by atoms with Crippen LogP contribution in [0, 0.1) is 18.7 Å². The molecule has 0 spiro atoms. The van der Waals surface area contributed by atoms with E-state index in [1.54, 1.807) is 6.07 Å². The van der Waals surface area contributed by atoms with Crippen LogP contribution >= 0.6 is 0 Å². The first-order valence-electron chi connectivity index (χ1n) is 9.00. The highest BCUT2D eigenvalue weighted by atomic mass is 19.1. The minimum atomic E-state index is -0.188. The molecule has 0 aromatic heterocycles. The van der Waals surface area contributed by atoms with Crippen LogP contribution in [-0.2, 0) is 0 Å². The highest BCUT2D eigenvalue weighted by Gasteiger charge is 2.33. The first kappa shape index (κ1) is 17.1. The van der Waals surface area contributed by atoms with Crippen LogP contribution in [0.1, 0.15) is 38.2 Å². The Balaban J connectivity index is 1.61. The molecule has 1 saturated heterocycles. The average molecular weight is 333 g/mol. The highest BCUT2D eigenvalue weighted by molar-refractivity contribution is 5.74. The van der Waals surface area contributed by atoms with Gasteiger partial charge in [0.2, 0.25) is 0 Å². The second-order valence-electron chi connectivity index (χ2n) is 7.38. The van der Waals surface area contributed by atoms with E-state index in [1.807, 2.05) is 24.9 Å². The van der Waals surface area contributed by atoms with Crippen molar-refractivity contribution in [3.8, 4) is 0 Å². The summed E-state index contributed by atoms with van der Waals surface area (Å²) in [5, 5.41) is 3.14. The van der Waals surface area contributed by atoms with Crippen molar-refractivity contribution >= 4 is 11.7 Å².